The van der Waals surface area contributed by atoms with Crippen molar-refractivity contribution < 1.29 is 17.7 Å². The van der Waals surface area contributed by atoms with Crippen molar-refractivity contribution in [1.29, 1.82) is 0 Å². The van der Waals surface area contributed by atoms with Crippen LogP contribution in [0.1, 0.15) is 0 Å². The van der Waals surface area contributed by atoms with Gasteiger partial charge in [-0.1, -0.05) is 6.07 Å². The van der Waals surface area contributed by atoms with E-state index in [2.05, 4.69) is 4.72 Å². The van der Waals surface area contributed by atoms with Gasteiger partial charge in [0.2, 0.25) is 5.82 Å². The van der Waals surface area contributed by atoms with Gasteiger partial charge in [0.25, 0.3) is 10.0 Å². The lowest BCUT2D eigenvalue weighted by molar-refractivity contribution is -0.387. The number of nitrogen functional groups attached to an aromatic ring is 1. The molecule has 0 bridgehead atoms. The fourth-order valence-electron chi connectivity index (χ4n) is 1.62. The van der Waals surface area contributed by atoms with Crippen LogP contribution in [-0.2, 0) is 10.0 Å². The van der Waals surface area contributed by atoms with Gasteiger partial charge < -0.3 is 5.73 Å². The third-order valence-electron chi connectivity index (χ3n) is 2.56. The van der Waals surface area contributed by atoms with Gasteiger partial charge in [0, 0.05) is 11.8 Å². The zero-order chi connectivity index (χ0) is 15.6. The molecule has 2 aromatic rings. The van der Waals surface area contributed by atoms with Crippen molar-refractivity contribution in [1.82, 2.24) is 0 Å². The normalized spacial score (nSPS) is 11.1. The van der Waals surface area contributed by atoms with Gasteiger partial charge in [0.15, 0.2) is 0 Å². The van der Waals surface area contributed by atoms with E-state index < -0.39 is 31.3 Å². The molecule has 0 spiro atoms. The van der Waals surface area contributed by atoms with Crippen molar-refractivity contribution in [3.05, 3.63) is 58.4 Å². The molecule has 0 heterocycles. The Hall–Kier alpha value is -2.68. The molecule has 0 fully saturated rings. The van der Waals surface area contributed by atoms with Gasteiger partial charge in [0.1, 0.15) is 0 Å². The largest absolute Gasteiger partial charge is 0.399 e. The van der Waals surface area contributed by atoms with E-state index >= 15 is 0 Å². The van der Waals surface area contributed by atoms with Crippen LogP contribution in [-0.4, -0.2) is 13.3 Å². The molecule has 0 amide bonds. The fourth-order valence-corrected chi connectivity index (χ4v) is 2.68. The summed E-state index contributed by atoms with van der Waals surface area (Å²) in [6, 6.07) is 8.29. The summed E-state index contributed by atoms with van der Waals surface area (Å²) < 4.78 is 39.6. The van der Waals surface area contributed by atoms with Crippen LogP contribution in [0, 0.1) is 15.9 Å². The highest BCUT2D eigenvalue weighted by Crippen LogP contribution is 2.23. The van der Waals surface area contributed by atoms with Crippen molar-refractivity contribution in [2.24, 2.45) is 0 Å². The molecule has 2 rings (SSSR count). The van der Waals surface area contributed by atoms with Crippen molar-refractivity contribution in [3.63, 3.8) is 0 Å². The smallest absolute Gasteiger partial charge is 0.306 e. The van der Waals surface area contributed by atoms with Gasteiger partial charge in [-0.05, 0) is 30.3 Å². The van der Waals surface area contributed by atoms with Crippen molar-refractivity contribution >= 4 is 27.1 Å². The van der Waals surface area contributed by atoms with Gasteiger partial charge in [-0.3, -0.25) is 14.8 Å². The first kappa shape index (κ1) is 14.7. The van der Waals surface area contributed by atoms with E-state index in [0.717, 1.165) is 12.1 Å². The van der Waals surface area contributed by atoms with Gasteiger partial charge in [-0.15, -0.1) is 0 Å². The highest BCUT2D eigenvalue weighted by Gasteiger charge is 2.21. The molecule has 9 heteroatoms. The summed E-state index contributed by atoms with van der Waals surface area (Å²) in [6.07, 6.45) is 0. The van der Waals surface area contributed by atoms with E-state index in [4.69, 9.17) is 5.73 Å². The Balaban J connectivity index is 2.40. The van der Waals surface area contributed by atoms with Gasteiger partial charge in [-0.25, -0.2) is 8.42 Å². The number of hydrogen-bond donors (Lipinski definition) is 2. The number of rotatable bonds is 4. The minimum Gasteiger partial charge on any atom is -0.399 e. The third kappa shape index (κ3) is 3.26. The molecule has 0 aromatic heterocycles. The molecule has 0 aliphatic carbocycles. The first-order chi connectivity index (χ1) is 9.79. The van der Waals surface area contributed by atoms with E-state index in [-0.39, 0.29) is 5.69 Å². The maximum absolute atomic E-state index is 13.2. The third-order valence-corrected chi connectivity index (χ3v) is 3.94. The number of halogens is 1. The number of sulfonamides is 1. The summed E-state index contributed by atoms with van der Waals surface area (Å²) in [5.41, 5.74) is 5.16. The Labute approximate surface area is 119 Å². The van der Waals surface area contributed by atoms with Crippen LogP contribution in [0.25, 0.3) is 0 Å². The van der Waals surface area contributed by atoms with E-state index in [1.807, 2.05) is 0 Å². The minimum absolute atomic E-state index is 0.196. The Bertz CT molecular complexity index is 808. The number of nitro benzene ring substituents is 1. The van der Waals surface area contributed by atoms with Crippen LogP contribution in [0.2, 0.25) is 0 Å². The SMILES string of the molecule is Nc1cccc(NS(=O)(=O)c2ccc(F)c([N+](=O)[O-])c2)c1. The van der Waals surface area contributed by atoms with E-state index in [9.17, 15) is 22.9 Å². The molecular weight excluding hydrogens is 301 g/mol. The number of nitrogens with two attached hydrogens (primary N) is 1. The van der Waals surface area contributed by atoms with Crippen LogP contribution in [0.15, 0.2) is 47.4 Å². The summed E-state index contributed by atoms with van der Waals surface area (Å²) in [6.45, 7) is 0. The number of nitro groups is 1. The summed E-state index contributed by atoms with van der Waals surface area (Å²) in [5.74, 6) is -1.11. The second kappa shape index (κ2) is 5.37. The predicted octanol–water partition coefficient (Wildman–Crippen LogP) is 2.12. The van der Waals surface area contributed by atoms with E-state index in [1.54, 1.807) is 12.1 Å². The predicted molar refractivity (Wildman–Crippen MR) is 74.7 cm³/mol. The lowest BCUT2D eigenvalue weighted by atomic mass is 10.3. The van der Waals surface area contributed by atoms with E-state index in [0.29, 0.717) is 11.8 Å². The molecule has 0 atom stereocenters. The number of anilines is 2. The molecule has 21 heavy (non-hydrogen) atoms. The maximum atomic E-state index is 13.2. The Kier molecular flexibility index (Phi) is 3.76. The Morgan fingerprint density at radius 1 is 1.19 bits per heavy atom. The lowest BCUT2D eigenvalue weighted by Crippen LogP contribution is -2.13. The quantitative estimate of drug-likeness (QED) is 0.510. The average Bonchev–Trinajstić information content (AvgIpc) is 2.38. The Morgan fingerprint density at radius 2 is 1.90 bits per heavy atom. The van der Waals surface area contributed by atoms with Gasteiger partial charge >= 0.3 is 5.69 Å². The molecule has 2 aromatic carbocycles. The number of hydrogen-bond acceptors (Lipinski definition) is 5. The van der Waals surface area contributed by atoms with Gasteiger partial charge in [0.05, 0.1) is 15.5 Å². The zero-order valence-corrected chi connectivity index (χ0v) is 11.3. The average molecular weight is 311 g/mol. The molecule has 0 aliphatic rings. The molecule has 3 N–H and O–H groups in total. The first-order valence-electron chi connectivity index (χ1n) is 5.62. The number of nitrogens with one attached hydrogen (secondary N) is 1. The van der Waals surface area contributed by atoms with Crippen LogP contribution in [0.3, 0.4) is 0 Å². The highest BCUT2D eigenvalue weighted by molar-refractivity contribution is 7.92. The van der Waals surface area contributed by atoms with Crippen LogP contribution >= 0.6 is 0 Å². The molecule has 110 valence electrons. The topological polar surface area (TPSA) is 115 Å². The standard InChI is InChI=1S/C12H10FN3O4S/c13-11-5-4-10(7-12(11)16(17)18)21(19,20)15-9-3-1-2-8(14)6-9/h1-7,15H,14H2. The number of benzene rings is 2. The monoisotopic (exact) mass is 311 g/mol. The maximum Gasteiger partial charge on any atom is 0.306 e. The van der Waals surface area contributed by atoms with Crippen molar-refractivity contribution in [3.8, 4) is 0 Å². The van der Waals surface area contributed by atoms with Crippen LogP contribution in [0.5, 0.6) is 0 Å². The molecule has 7 nitrogen and oxygen atoms in total. The van der Waals surface area contributed by atoms with E-state index in [1.165, 1.54) is 12.1 Å². The summed E-state index contributed by atoms with van der Waals surface area (Å²) >= 11 is 0. The molecular formula is C12H10FN3O4S. The fraction of sp³-hybridized carbons (Fsp3) is 0. The first-order valence-corrected chi connectivity index (χ1v) is 7.10. The second-order valence-electron chi connectivity index (χ2n) is 4.10. The zero-order valence-electron chi connectivity index (χ0n) is 10.5. The number of nitrogens with zero attached hydrogens (tertiary/aromatic N) is 1. The molecule has 0 unspecified atom stereocenters. The lowest BCUT2D eigenvalue weighted by Gasteiger charge is -2.08. The van der Waals surface area contributed by atoms with Crippen molar-refractivity contribution in [2.45, 2.75) is 4.90 Å². The summed E-state index contributed by atoms with van der Waals surface area (Å²) in [4.78, 5) is 9.23. The minimum atomic E-state index is -4.08. The summed E-state index contributed by atoms with van der Waals surface area (Å²) in [7, 11) is -4.08. The van der Waals surface area contributed by atoms with Crippen LogP contribution < -0.4 is 10.5 Å². The van der Waals surface area contributed by atoms with Gasteiger partial charge in [-0.2, -0.15) is 4.39 Å². The Morgan fingerprint density at radius 3 is 2.52 bits per heavy atom. The molecule has 0 saturated heterocycles. The molecule has 0 radical (unpaired) electrons. The van der Waals surface area contributed by atoms with Crippen LogP contribution in [0.4, 0.5) is 21.5 Å². The second-order valence-corrected chi connectivity index (χ2v) is 5.78. The molecule has 0 aliphatic heterocycles. The highest BCUT2D eigenvalue weighted by atomic mass is 32.2. The summed E-state index contributed by atoms with van der Waals surface area (Å²) in [5, 5.41) is 10.6. The van der Waals surface area contributed by atoms with Crippen molar-refractivity contribution in [2.75, 3.05) is 10.5 Å². The molecule has 0 saturated carbocycles.